The molecule has 2 heterocycles. The van der Waals surface area contributed by atoms with E-state index in [1.165, 1.54) is 6.20 Å². The lowest BCUT2D eigenvalue weighted by Crippen LogP contribution is -2.50. The maximum absolute atomic E-state index is 13.9. The van der Waals surface area contributed by atoms with E-state index in [-0.39, 0.29) is 17.8 Å². The fourth-order valence-corrected chi connectivity index (χ4v) is 4.34. The Morgan fingerprint density at radius 2 is 1.94 bits per heavy atom. The molecule has 0 aliphatic carbocycles. The van der Waals surface area contributed by atoms with Crippen molar-refractivity contribution in [1.82, 2.24) is 4.48 Å². The number of amides is 1. The lowest BCUT2D eigenvalue weighted by Gasteiger charge is -2.35. The number of aliphatic imine (C=N–C) groups is 1. The van der Waals surface area contributed by atoms with Gasteiger partial charge in [0.2, 0.25) is 6.41 Å². The van der Waals surface area contributed by atoms with Crippen LogP contribution in [0.4, 0.5) is 24.5 Å². The number of carbonyl (C=O) groups is 3. The molecule has 2 N–H and O–H groups in total. The summed E-state index contributed by atoms with van der Waals surface area (Å²) >= 11 is 0. The molecule has 7 nitrogen and oxygen atoms in total. The molecule has 0 aromatic heterocycles. The molecule has 2 aromatic carbocycles. The van der Waals surface area contributed by atoms with Crippen LogP contribution in [0.1, 0.15) is 17.0 Å². The maximum Gasteiger partial charge on any atom is 0.360 e. The first-order valence-electron chi connectivity index (χ1n) is 9.12. The topological polar surface area (TPSA) is 95.8 Å². The van der Waals surface area contributed by atoms with E-state index in [2.05, 4.69) is 10.3 Å². The van der Waals surface area contributed by atoms with Crippen molar-refractivity contribution in [3.63, 3.8) is 0 Å². The number of hydrogen-bond donors (Lipinski definition) is 2. The average molecular weight is 430 g/mol. The Morgan fingerprint density at radius 1 is 1.23 bits per heavy atom. The number of rotatable bonds is 6. The lowest BCUT2D eigenvalue weighted by molar-refractivity contribution is -0.137. The molecule has 31 heavy (non-hydrogen) atoms. The number of Topliss-reactive ketones (excluding diaryl/α,β-unsaturated/α-hetero) is 1. The third-order valence-corrected chi connectivity index (χ3v) is 5.43. The maximum atomic E-state index is 13.9. The molecule has 10 heteroatoms. The predicted molar refractivity (Wildman–Crippen MR) is 105 cm³/mol. The molecule has 4 rings (SSSR count). The van der Waals surface area contributed by atoms with Crippen LogP contribution in [0.25, 0.3) is 0 Å². The Labute approximate surface area is 173 Å². The van der Waals surface area contributed by atoms with E-state index in [0.717, 1.165) is 18.3 Å². The summed E-state index contributed by atoms with van der Waals surface area (Å²) in [5.41, 5.74) is 1.29. The third-order valence-electron chi connectivity index (χ3n) is 5.43. The van der Waals surface area contributed by atoms with Crippen LogP contribution in [0.15, 0.2) is 47.2 Å². The van der Waals surface area contributed by atoms with Crippen molar-refractivity contribution in [2.24, 2.45) is 4.99 Å². The molecule has 0 saturated heterocycles. The summed E-state index contributed by atoms with van der Waals surface area (Å²) in [7, 11) is 0. The number of aliphatic carboxylic acids is 1. The minimum Gasteiger partial charge on any atom is -0.477 e. The molecule has 2 unspecified atom stereocenters. The Morgan fingerprint density at radius 3 is 2.58 bits per heavy atom. The Balaban J connectivity index is 1.99. The normalized spacial score (nSPS) is 21.3. The van der Waals surface area contributed by atoms with E-state index in [1.807, 2.05) is 0 Å². The zero-order valence-corrected chi connectivity index (χ0v) is 15.8. The molecule has 158 valence electrons. The first-order valence-corrected chi connectivity index (χ1v) is 9.12. The van der Waals surface area contributed by atoms with E-state index < -0.39 is 46.1 Å². The third kappa shape index (κ3) is 3.21. The smallest absolute Gasteiger partial charge is 0.360 e. The number of fused-ring (bicyclic) bond motifs is 3. The highest BCUT2D eigenvalue weighted by atomic mass is 19.2. The molecule has 2 atom stereocenters. The molecule has 2 aliphatic rings. The fourth-order valence-electron chi connectivity index (χ4n) is 4.34. The van der Waals surface area contributed by atoms with Gasteiger partial charge in [-0.25, -0.2) is 22.4 Å². The summed E-state index contributed by atoms with van der Waals surface area (Å²) in [5, 5.41) is 12.2. The highest BCUT2D eigenvalue weighted by molar-refractivity contribution is 6.32. The van der Waals surface area contributed by atoms with Gasteiger partial charge in [0.15, 0.2) is 29.8 Å². The monoisotopic (exact) mass is 430 g/mol. The average Bonchev–Trinajstić information content (AvgIpc) is 2.98. The number of benzene rings is 2. The van der Waals surface area contributed by atoms with Crippen molar-refractivity contribution < 1.29 is 32.7 Å². The SMILES string of the molecule is O=CNc1cccc2c1C1C(=O)C=NC=C1[N+]2(CC(=O)O)Cc1cc(F)c(F)c(F)c1. The van der Waals surface area contributed by atoms with Gasteiger partial charge in [0.25, 0.3) is 0 Å². The molecule has 0 bridgehead atoms. The van der Waals surface area contributed by atoms with Crippen molar-refractivity contribution in [2.45, 2.75) is 12.5 Å². The summed E-state index contributed by atoms with van der Waals surface area (Å²) in [5.74, 6) is -7.08. The van der Waals surface area contributed by atoms with Gasteiger partial charge < -0.3 is 10.4 Å². The zero-order chi connectivity index (χ0) is 22.3. The number of hydrogen-bond acceptors (Lipinski definition) is 4. The van der Waals surface area contributed by atoms with Gasteiger partial charge in [-0.2, -0.15) is 0 Å². The molecular weight excluding hydrogens is 415 g/mol. The summed E-state index contributed by atoms with van der Waals surface area (Å²) in [6, 6.07) is 6.28. The number of nitrogens with one attached hydrogen (secondary N) is 1. The second kappa shape index (κ2) is 7.47. The van der Waals surface area contributed by atoms with Gasteiger partial charge in [-0.3, -0.25) is 14.6 Å². The molecule has 1 amide bonds. The Kier molecular flexibility index (Phi) is 4.94. The lowest BCUT2D eigenvalue weighted by atomic mass is 9.92. The molecule has 0 saturated carbocycles. The van der Waals surface area contributed by atoms with Gasteiger partial charge in [0.05, 0.1) is 23.7 Å². The van der Waals surface area contributed by atoms with Crippen LogP contribution in [0.5, 0.6) is 0 Å². The van der Waals surface area contributed by atoms with Crippen LogP contribution in [0, 0.1) is 17.5 Å². The second-order valence-electron chi connectivity index (χ2n) is 7.22. The van der Waals surface area contributed by atoms with Gasteiger partial charge in [0, 0.05) is 11.6 Å². The van der Waals surface area contributed by atoms with Gasteiger partial charge in [-0.15, -0.1) is 0 Å². The van der Waals surface area contributed by atoms with Crippen LogP contribution >= 0.6 is 0 Å². The second-order valence-corrected chi connectivity index (χ2v) is 7.22. The number of anilines is 1. The van der Waals surface area contributed by atoms with Gasteiger partial charge in [-0.05, 0) is 18.2 Å². The highest BCUT2D eigenvalue weighted by Crippen LogP contribution is 2.53. The highest BCUT2D eigenvalue weighted by Gasteiger charge is 2.55. The summed E-state index contributed by atoms with van der Waals surface area (Å²) in [6.45, 7) is -0.869. The van der Waals surface area contributed by atoms with Crippen LogP contribution in [0.3, 0.4) is 0 Å². The standard InChI is InChI=1S/C21H14F3N3O4/c22-12-4-11(5-13(23)21(12)24)8-27(9-18(30)31)15-3-1-2-14(26-10-28)19(15)20-16(27)6-25-7-17(20)29/h1-7,10,20H,8-9H2,(H-,26,28,30,31)/p+1. The number of carboxylic acids is 1. The number of quaternary nitrogens is 1. The van der Waals surface area contributed by atoms with Crippen molar-refractivity contribution in [2.75, 3.05) is 11.9 Å². The van der Waals surface area contributed by atoms with Gasteiger partial charge in [-0.1, -0.05) is 6.07 Å². The van der Waals surface area contributed by atoms with E-state index in [1.54, 1.807) is 18.2 Å². The predicted octanol–water partition coefficient (Wildman–Crippen LogP) is 2.86. The van der Waals surface area contributed by atoms with Crippen LogP contribution in [0.2, 0.25) is 0 Å². The molecule has 2 aromatic rings. The molecule has 0 radical (unpaired) electrons. The van der Waals surface area contributed by atoms with Crippen molar-refractivity contribution in [1.29, 1.82) is 0 Å². The molecule has 0 fully saturated rings. The zero-order valence-electron chi connectivity index (χ0n) is 15.8. The van der Waals surface area contributed by atoms with Crippen LogP contribution < -0.4 is 9.80 Å². The van der Waals surface area contributed by atoms with Crippen molar-refractivity contribution in [3.8, 4) is 0 Å². The number of carboxylic acid groups (broad SMARTS) is 1. The number of ketones is 1. The Hall–Kier alpha value is -3.79. The molecular formula is C21H15F3N3O4+. The quantitative estimate of drug-likeness (QED) is 0.419. The van der Waals surface area contributed by atoms with Crippen molar-refractivity contribution in [3.05, 3.63) is 70.8 Å². The fraction of sp³-hybridized carbons (Fsp3) is 0.143. The molecule has 0 spiro atoms. The first-order chi connectivity index (χ1) is 14.8. The first kappa shape index (κ1) is 20.5. The number of carbonyl (C=O) groups excluding carboxylic acids is 2. The van der Waals surface area contributed by atoms with Crippen LogP contribution in [-0.2, 0) is 20.9 Å². The summed E-state index contributed by atoms with van der Waals surface area (Å²) < 4.78 is 40.7. The van der Waals surface area contributed by atoms with E-state index in [9.17, 15) is 32.7 Å². The Bertz CT molecular complexity index is 1170. The van der Waals surface area contributed by atoms with E-state index in [4.69, 9.17) is 0 Å². The van der Waals surface area contributed by atoms with E-state index >= 15 is 0 Å². The minimum absolute atomic E-state index is 0.0131. The van der Waals surface area contributed by atoms with Crippen LogP contribution in [-0.4, -0.2) is 36.0 Å². The van der Waals surface area contributed by atoms with Gasteiger partial charge in [0.1, 0.15) is 23.8 Å². The minimum atomic E-state index is -1.64. The summed E-state index contributed by atoms with van der Waals surface area (Å²) in [6.07, 6.45) is 2.86. The molecule has 2 aliphatic heterocycles. The number of nitrogens with zero attached hydrogens (tertiary/aromatic N) is 2. The number of halogens is 3. The van der Waals surface area contributed by atoms with Crippen molar-refractivity contribution >= 4 is 35.8 Å². The largest absolute Gasteiger partial charge is 0.477 e. The van der Waals surface area contributed by atoms with E-state index in [0.29, 0.717) is 23.3 Å². The summed E-state index contributed by atoms with van der Waals surface area (Å²) in [4.78, 5) is 39.6. The number of allylic oxidation sites excluding steroid dienone is 1. The van der Waals surface area contributed by atoms with Gasteiger partial charge >= 0.3 is 5.97 Å².